The van der Waals surface area contributed by atoms with Crippen molar-refractivity contribution in [2.75, 3.05) is 0 Å². The SMILES string of the molecule is N#Cc1ccc(-c2cccc(-n3c4ccc(-c5cc(C(F)(F)F)cc(C(F)(F)F)c5)cc4c4cc(-c5cc(C(F)(F)F)cc(C(F)(F)F)c5)ccc43)c2-c2c(C#N)cccc2-n2c3ccc(-c4cc(C(F)(F)F)cc(C(F)(F)F)c4)cc3c3cc(-c4cc(C(F)(F)F)cc(C(F)(F)F)c4)ccc32)c(C(F)(F)F)c1. The number of rotatable bonds is 8. The molecular formula is C77H33F27N4. The van der Waals surface area contributed by atoms with Gasteiger partial charge in [-0.15, -0.1) is 0 Å². The molecule has 0 amide bonds. The summed E-state index contributed by atoms with van der Waals surface area (Å²) < 4.78 is 398. The molecule has 0 spiro atoms. The van der Waals surface area contributed by atoms with Gasteiger partial charge < -0.3 is 9.13 Å². The van der Waals surface area contributed by atoms with Gasteiger partial charge in [0.25, 0.3) is 0 Å². The average molecular weight is 1530 g/mol. The molecule has 13 rings (SSSR count). The zero-order chi connectivity index (χ0) is 78.5. The zero-order valence-electron chi connectivity index (χ0n) is 53.0. The van der Waals surface area contributed by atoms with Crippen LogP contribution in [0, 0.1) is 22.7 Å². The van der Waals surface area contributed by atoms with Gasteiger partial charge in [-0.2, -0.15) is 129 Å². The molecule has 2 aromatic heterocycles. The number of alkyl halides is 27. The molecule has 550 valence electrons. The Balaban J connectivity index is 1.18. The van der Waals surface area contributed by atoms with Crippen LogP contribution in [-0.2, 0) is 55.6 Å². The molecule has 0 aliphatic rings. The molecule has 4 nitrogen and oxygen atoms in total. The van der Waals surface area contributed by atoms with Gasteiger partial charge in [-0.25, -0.2) is 0 Å². The molecule has 0 saturated heterocycles. The second-order valence-corrected chi connectivity index (χ2v) is 24.7. The smallest absolute Gasteiger partial charge is 0.309 e. The van der Waals surface area contributed by atoms with Crippen LogP contribution in [0.15, 0.2) is 200 Å². The largest absolute Gasteiger partial charge is 0.417 e. The molecule has 108 heavy (non-hydrogen) atoms. The molecule has 13 aromatic rings. The van der Waals surface area contributed by atoms with Crippen molar-refractivity contribution in [3.8, 4) is 90.3 Å². The first-order valence-electron chi connectivity index (χ1n) is 30.7. The third-order valence-corrected chi connectivity index (χ3v) is 17.9. The van der Waals surface area contributed by atoms with Gasteiger partial charge >= 0.3 is 55.6 Å². The highest BCUT2D eigenvalue weighted by molar-refractivity contribution is 6.15. The summed E-state index contributed by atoms with van der Waals surface area (Å²) in [7, 11) is 0. The van der Waals surface area contributed by atoms with Gasteiger partial charge in [0.05, 0.1) is 107 Å². The highest BCUT2D eigenvalue weighted by Crippen LogP contribution is 2.52. The minimum absolute atomic E-state index is 0.197. The van der Waals surface area contributed by atoms with Crippen LogP contribution in [0.1, 0.15) is 61.2 Å². The standard InChI is InChI=1S/C77H33F27N4/c78-69(79,80)46-18-42(19-47(30-46)70(81,82)83)37-8-13-61-56(26-37)57-27-38(43-20-48(71(84,85)86)31-49(21-43)72(87,88)89)9-14-62(57)107(61)65-5-1-3-41(35-106)67(65)68-55(54-12-7-36(34-105)17-60(54)77(102,103)104)4-2-6-66(68)108-63-15-10-39(44-22-50(73(90,91)92)32-51(23-44)74(93,94)95)28-58(63)59-29-40(11-16-64(59)108)45-24-52(75(96,97)98)33-53(25-45)76(99,100)101/h1-33H. The Labute approximate surface area is 587 Å². The fraction of sp³-hybridized carbons (Fsp3) is 0.117. The third-order valence-electron chi connectivity index (χ3n) is 17.9. The molecule has 0 atom stereocenters. The van der Waals surface area contributed by atoms with E-state index < -0.39 is 189 Å². The minimum Gasteiger partial charge on any atom is -0.309 e. The van der Waals surface area contributed by atoms with Crippen LogP contribution in [0.5, 0.6) is 0 Å². The summed E-state index contributed by atoms with van der Waals surface area (Å²) in [4.78, 5) is 0. The van der Waals surface area contributed by atoms with Gasteiger partial charge in [0.2, 0.25) is 0 Å². The first-order chi connectivity index (χ1) is 50.1. The molecule has 0 saturated carbocycles. The lowest BCUT2D eigenvalue weighted by Crippen LogP contribution is -2.11. The normalized spacial score (nSPS) is 13.1. The van der Waals surface area contributed by atoms with Crippen LogP contribution < -0.4 is 0 Å². The Hall–Kier alpha value is -11.9. The van der Waals surface area contributed by atoms with E-state index in [9.17, 15) is 116 Å². The summed E-state index contributed by atoms with van der Waals surface area (Å²) in [6, 6.07) is 26.5. The van der Waals surface area contributed by atoms with Crippen molar-refractivity contribution in [2.45, 2.75) is 55.6 Å². The highest BCUT2D eigenvalue weighted by atomic mass is 19.4. The predicted molar refractivity (Wildman–Crippen MR) is 342 cm³/mol. The van der Waals surface area contributed by atoms with Gasteiger partial charge in [-0.05, 0) is 207 Å². The van der Waals surface area contributed by atoms with Crippen LogP contribution in [-0.4, -0.2) is 9.13 Å². The van der Waals surface area contributed by atoms with Gasteiger partial charge in [0.15, 0.2) is 0 Å². The topological polar surface area (TPSA) is 57.4 Å². The van der Waals surface area contributed by atoms with Crippen LogP contribution in [0.2, 0.25) is 0 Å². The van der Waals surface area contributed by atoms with E-state index in [1.54, 1.807) is 6.07 Å². The van der Waals surface area contributed by atoms with E-state index in [-0.39, 0.29) is 73.6 Å². The van der Waals surface area contributed by atoms with E-state index in [0.29, 0.717) is 54.6 Å². The van der Waals surface area contributed by atoms with Crippen molar-refractivity contribution in [3.05, 3.63) is 261 Å². The number of nitrogens with zero attached hydrogens (tertiary/aromatic N) is 4. The lowest BCUT2D eigenvalue weighted by atomic mass is 9.86. The van der Waals surface area contributed by atoms with E-state index in [1.165, 1.54) is 27.3 Å². The van der Waals surface area contributed by atoms with Crippen molar-refractivity contribution >= 4 is 43.6 Å². The summed E-state index contributed by atoms with van der Waals surface area (Å²) in [6.07, 6.45) is -49.0. The number of nitriles is 2. The lowest BCUT2D eigenvalue weighted by molar-refractivity contribution is -0.144. The summed E-state index contributed by atoms with van der Waals surface area (Å²) in [5, 5.41) is 20.2. The number of benzene rings is 11. The number of hydrogen-bond acceptors (Lipinski definition) is 2. The summed E-state index contributed by atoms with van der Waals surface area (Å²) in [5.41, 5.74) is -26.3. The molecule has 11 aromatic carbocycles. The van der Waals surface area contributed by atoms with E-state index in [4.69, 9.17) is 0 Å². The van der Waals surface area contributed by atoms with Gasteiger partial charge in [0.1, 0.15) is 0 Å². The maximum Gasteiger partial charge on any atom is 0.417 e. The lowest BCUT2D eigenvalue weighted by Gasteiger charge is -2.24. The number of halogens is 27. The third kappa shape index (κ3) is 13.8. The van der Waals surface area contributed by atoms with Crippen LogP contribution >= 0.6 is 0 Å². The monoisotopic (exact) mass is 1530 g/mol. The molecule has 0 bridgehead atoms. The van der Waals surface area contributed by atoms with Crippen molar-refractivity contribution < 1.29 is 119 Å². The maximum absolute atomic E-state index is 15.9. The molecule has 0 radical (unpaired) electrons. The van der Waals surface area contributed by atoms with Gasteiger partial charge in [0, 0.05) is 32.7 Å². The Bertz CT molecular complexity index is 5550. The van der Waals surface area contributed by atoms with Crippen LogP contribution in [0.25, 0.3) is 122 Å². The molecule has 0 aliphatic heterocycles. The summed E-state index contributed by atoms with van der Waals surface area (Å²) in [5.74, 6) is 0. The van der Waals surface area contributed by atoms with Gasteiger partial charge in [-0.1, -0.05) is 48.5 Å². The molecule has 0 unspecified atom stereocenters. The highest BCUT2D eigenvalue weighted by Gasteiger charge is 2.43. The molecule has 0 aliphatic carbocycles. The van der Waals surface area contributed by atoms with Crippen molar-refractivity contribution in [1.29, 1.82) is 10.5 Å². The molecular weight excluding hydrogens is 1490 g/mol. The number of aromatic nitrogens is 2. The minimum atomic E-state index is -5.45. The fourth-order valence-corrected chi connectivity index (χ4v) is 13.1. The average Bonchev–Trinajstić information content (AvgIpc) is 1.52. The van der Waals surface area contributed by atoms with E-state index in [1.807, 2.05) is 6.07 Å². The maximum atomic E-state index is 15.9. The van der Waals surface area contributed by atoms with E-state index >= 15 is 13.2 Å². The first kappa shape index (κ1) is 74.4. The van der Waals surface area contributed by atoms with Crippen molar-refractivity contribution in [3.63, 3.8) is 0 Å². The van der Waals surface area contributed by atoms with Crippen LogP contribution in [0.3, 0.4) is 0 Å². The van der Waals surface area contributed by atoms with Crippen molar-refractivity contribution in [1.82, 2.24) is 9.13 Å². The number of hydrogen-bond donors (Lipinski definition) is 0. The second kappa shape index (κ2) is 25.4. The Morgan fingerprint density at radius 3 is 0.769 bits per heavy atom. The Morgan fingerprint density at radius 1 is 0.231 bits per heavy atom. The first-order valence-corrected chi connectivity index (χ1v) is 30.7. The van der Waals surface area contributed by atoms with Crippen LogP contribution in [0.4, 0.5) is 119 Å². The Morgan fingerprint density at radius 2 is 0.509 bits per heavy atom. The van der Waals surface area contributed by atoms with E-state index in [2.05, 4.69) is 0 Å². The van der Waals surface area contributed by atoms with Gasteiger partial charge in [-0.3, -0.25) is 0 Å². The summed E-state index contributed by atoms with van der Waals surface area (Å²) >= 11 is 0. The predicted octanol–water partition coefficient (Wildman–Crippen LogP) is 26.8. The Kier molecular flexibility index (Phi) is 17.5. The number of fused-ring (bicyclic) bond motifs is 6. The molecule has 2 heterocycles. The molecule has 0 N–H and O–H groups in total. The second-order valence-electron chi connectivity index (χ2n) is 24.7. The van der Waals surface area contributed by atoms with Crippen molar-refractivity contribution in [2.24, 2.45) is 0 Å². The fourth-order valence-electron chi connectivity index (χ4n) is 13.1. The zero-order valence-corrected chi connectivity index (χ0v) is 53.0. The molecule has 0 fully saturated rings. The quantitative estimate of drug-likeness (QED) is 0.142. The molecule has 31 heteroatoms. The van der Waals surface area contributed by atoms with E-state index in [0.717, 1.165) is 103 Å². The summed E-state index contributed by atoms with van der Waals surface area (Å²) in [6.45, 7) is 0.